The molecule has 0 saturated carbocycles. The van der Waals surface area contributed by atoms with Crippen LogP contribution >= 0.6 is 0 Å². The molecule has 1 heterocycles. The molecule has 0 bridgehead atoms. The van der Waals surface area contributed by atoms with Gasteiger partial charge in [0.25, 0.3) is 0 Å². The Morgan fingerprint density at radius 3 is 2.26 bits per heavy atom. The van der Waals surface area contributed by atoms with Gasteiger partial charge in [0.1, 0.15) is 11.9 Å². The van der Waals surface area contributed by atoms with Crippen LogP contribution in [0.2, 0.25) is 0 Å². The molecule has 140 valence electrons. The highest BCUT2D eigenvalue weighted by atomic mass is 19.1. The summed E-state index contributed by atoms with van der Waals surface area (Å²) in [5.41, 5.74) is 7.99. The van der Waals surface area contributed by atoms with E-state index in [-0.39, 0.29) is 11.7 Å². The minimum atomic E-state index is -0.972. The van der Waals surface area contributed by atoms with Crippen molar-refractivity contribution in [1.29, 1.82) is 5.26 Å². The van der Waals surface area contributed by atoms with Crippen molar-refractivity contribution in [2.24, 2.45) is 5.73 Å². The summed E-state index contributed by atoms with van der Waals surface area (Å²) in [6.45, 7) is 0.901. The molecule has 5 nitrogen and oxygen atoms in total. The molecular weight excluding hydrogens is 345 g/mol. The molecular formula is C21H22FN3O2. The van der Waals surface area contributed by atoms with Crippen LogP contribution in [0.25, 0.3) is 11.1 Å². The zero-order valence-corrected chi connectivity index (χ0v) is 15.0. The van der Waals surface area contributed by atoms with Crippen molar-refractivity contribution in [1.82, 2.24) is 5.32 Å². The van der Waals surface area contributed by atoms with Crippen molar-refractivity contribution in [3.8, 4) is 17.2 Å². The molecule has 6 heteroatoms. The van der Waals surface area contributed by atoms with Gasteiger partial charge in [0, 0.05) is 19.6 Å². The molecule has 1 saturated heterocycles. The Labute approximate surface area is 157 Å². The normalized spacial score (nSPS) is 16.9. The van der Waals surface area contributed by atoms with Gasteiger partial charge >= 0.3 is 0 Å². The van der Waals surface area contributed by atoms with E-state index in [2.05, 4.69) is 11.4 Å². The van der Waals surface area contributed by atoms with Crippen LogP contribution in [-0.2, 0) is 16.0 Å². The third kappa shape index (κ3) is 4.70. The predicted molar refractivity (Wildman–Crippen MR) is 100 cm³/mol. The summed E-state index contributed by atoms with van der Waals surface area (Å²) >= 11 is 0. The summed E-state index contributed by atoms with van der Waals surface area (Å²) in [7, 11) is 0. The highest BCUT2D eigenvalue weighted by Gasteiger charge is 2.36. The maximum Gasteiger partial charge on any atom is 0.241 e. The van der Waals surface area contributed by atoms with Gasteiger partial charge in [0.05, 0.1) is 11.6 Å². The SMILES string of the molecule is N#C[C@H](Cc1ccc(-c2ccc(F)cc2)cc1)NC(=O)C1(N)CCOCC1. The number of nitriles is 1. The molecule has 2 aromatic rings. The van der Waals surface area contributed by atoms with Crippen LogP contribution < -0.4 is 11.1 Å². The van der Waals surface area contributed by atoms with Crippen molar-refractivity contribution >= 4 is 5.91 Å². The Kier molecular flexibility index (Phi) is 5.84. The average molecular weight is 367 g/mol. The summed E-state index contributed by atoms with van der Waals surface area (Å²) in [5.74, 6) is -0.578. The largest absolute Gasteiger partial charge is 0.381 e. The molecule has 0 spiro atoms. The molecule has 27 heavy (non-hydrogen) atoms. The molecule has 0 aliphatic carbocycles. The Morgan fingerprint density at radius 2 is 1.70 bits per heavy atom. The molecule has 1 aliphatic rings. The van der Waals surface area contributed by atoms with Gasteiger partial charge in [0.2, 0.25) is 5.91 Å². The molecule has 0 aromatic heterocycles. The number of hydrogen-bond donors (Lipinski definition) is 2. The van der Waals surface area contributed by atoms with E-state index in [0.717, 1.165) is 16.7 Å². The average Bonchev–Trinajstić information content (AvgIpc) is 2.69. The quantitative estimate of drug-likeness (QED) is 0.850. The van der Waals surface area contributed by atoms with E-state index >= 15 is 0 Å². The van der Waals surface area contributed by atoms with E-state index in [9.17, 15) is 14.4 Å². The van der Waals surface area contributed by atoms with Crippen LogP contribution in [-0.4, -0.2) is 30.7 Å². The summed E-state index contributed by atoms with van der Waals surface area (Å²) < 4.78 is 18.3. The van der Waals surface area contributed by atoms with Gasteiger partial charge in [-0.05, 0) is 41.7 Å². The zero-order chi connectivity index (χ0) is 19.3. The van der Waals surface area contributed by atoms with Crippen LogP contribution in [0.1, 0.15) is 18.4 Å². The number of nitrogens with two attached hydrogens (primary N) is 1. The van der Waals surface area contributed by atoms with E-state index < -0.39 is 11.6 Å². The van der Waals surface area contributed by atoms with Gasteiger partial charge in [-0.3, -0.25) is 4.79 Å². The lowest BCUT2D eigenvalue weighted by atomic mass is 9.90. The second-order valence-electron chi connectivity index (χ2n) is 6.83. The molecule has 3 rings (SSSR count). The highest BCUT2D eigenvalue weighted by Crippen LogP contribution is 2.21. The number of carbonyl (C=O) groups excluding carboxylic acids is 1. The molecule has 0 radical (unpaired) electrons. The van der Waals surface area contributed by atoms with Crippen LogP contribution in [0.3, 0.4) is 0 Å². The van der Waals surface area contributed by atoms with Gasteiger partial charge < -0.3 is 15.8 Å². The second-order valence-corrected chi connectivity index (χ2v) is 6.83. The molecule has 1 atom stereocenters. The topological polar surface area (TPSA) is 88.1 Å². The van der Waals surface area contributed by atoms with Gasteiger partial charge in [-0.1, -0.05) is 36.4 Å². The molecule has 2 aromatic carbocycles. The third-order valence-electron chi connectivity index (χ3n) is 4.87. The Hall–Kier alpha value is -2.75. The highest BCUT2D eigenvalue weighted by molar-refractivity contribution is 5.86. The lowest BCUT2D eigenvalue weighted by Gasteiger charge is -2.32. The maximum absolute atomic E-state index is 13.0. The van der Waals surface area contributed by atoms with E-state index in [1.54, 1.807) is 12.1 Å². The lowest BCUT2D eigenvalue weighted by Crippen LogP contribution is -2.58. The minimum absolute atomic E-state index is 0.273. The number of halogens is 1. The van der Waals surface area contributed by atoms with Crippen molar-refractivity contribution in [3.63, 3.8) is 0 Å². The van der Waals surface area contributed by atoms with Gasteiger partial charge in [0.15, 0.2) is 0 Å². The summed E-state index contributed by atoms with van der Waals surface area (Å²) in [5, 5.41) is 12.2. The smallest absolute Gasteiger partial charge is 0.241 e. The molecule has 3 N–H and O–H groups in total. The van der Waals surface area contributed by atoms with Crippen LogP contribution in [0.5, 0.6) is 0 Å². The summed E-state index contributed by atoms with van der Waals surface area (Å²) in [6.07, 6.45) is 1.28. The van der Waals surface area contributed by atoms with E-state index in [0.29, 0.717) is 32.5 Å². The predicted octanol–water partition coefficient (Wildman–Crippen LogP) is 2.55. The number of nitrogens with zero attached hydrogens (tertiary/aromatic N) is 1. The fourth-order valence-corrected chi connectivity index (χ4v) is 3.10. The molecule has 1 aliphatic heterocycles. The summed E-state index contributed by atoms with van der Waals surface area (Å²) in [4.78, 5) is 12.5. The fraction of sp³-hybridized carbons (Fsp3) is 0.333. The Bertz CT molecular complexity index is 822. The fourth-order valence-electron chi connectivity index (χ4n) is 3.10. The van der Waals surface area contributed by atoms with Crippen LogP contribution in [0, 0.1) is 17.1 Å². The molecule has 0 unspecified atom stereocenters. The number of rotatable bonds is 5. The monoisotopic (exact) mass is 367 g/mol. The Balaban J connectivity index is 1.63. The van der Waals surface area contributed by atoms with Gasteiger partial charge in [-0.2, -0.15) is 5.26 Å². The maximum atomic E-state index is 13.0. The van der Waals surface area contributed by atoms with Crippen LogP contribution in [0.15, 0.2) is 48.5 Å². The zero-order valence-electron chi connectivity index (χ0n) is 15.0. The van der Waals surface area contributed by atoms with E-state index in [1.807, 2.05) is 24.3 Å². The first-order chi connectivity index (χ1) is 13.0. The third-order valence-corrected chi connectivity index (χ3v) is 4.87. The minimum Gasteiger partial charge on any atom is -0.381 e. The molecule has 1 amide bonds. The lowest BCUT2D eigenvalue weighted by molar-refractivity contribution is -0.130. The first-order valence-corrected chi connectivity index (χ1v) is 8.92. The van der Waals surface area contributed by atoms with Gasteiger partial charge in [-0.25, -0.2) is 4.39 Å². The number of hydrogen-bond acceptors (Lipinski definition) is 4. The standard InChI is InChI=1S/C21H22FN3O2/c22-18-7-5-17(6-8-18)16-3-1-15(2-4-16)13-19(14-23)25-20(26)21(24)9-11-27-12-10-21/h1-8,19H,9-13,24H2,(H,25,26)/t19-/m0/s1. The van der Waals surface area contributed by atoms with Crippen molar-refractivity contribution in [2.75, 3.05) is 13.2 Å². The number of amides is 1. The van der Waals surface area contributed by atoms with E-state index in [4.69, 9.17) is 10.5 Å². The number of carbonyl (C=O) groups is 1. The van der Waals surface area contributed by atoms with Crippen molar-refractivity contribution in [3.05, 3.63) is 59.9 Å². The van der Waals surface area contributed by atoms with Crippen molar-refractivity contribution < 1.29 is 13.9 Å². The van der Waals surface area contributed by atoms with Crippen LogP contribution in [0.4, 0.5) is 4.39 Å². The summed E-state index contributed by atoms with van der Waals surface area (Å²) in [6, 6.07) is 15.4. The first-order valence-electron chi connectivity index (χ1n) is 8.92. The van der Waals surface area contributed by atoms with Crippen molar-refractivity contribution in [2.45, 2.75) is 30.8 Å². The van der Waals surface area contributed by atoms with E-state index in [1.165, 1.54) is 12.1 Å². The van der Waals surface area contributed by atoms with Gasteiger partial charge in [-0.15, -0.1) is 0 Å². The molecule has 1 fully saturated rings. The number of ether oxygens (including phenoxy) is 1. The first kappa shape index (κ1) is 19.0. The second kappa shape index (κ2) is 8.30. The number of nitrogens with one attached hydrogen (secondary N) is 1. The Morgan fingerprint density at radius 1 is 1.15 bits per heavy atom. The number of benzene rings is 2.